The molecule has 1 atom stereocenters. The van der Waals surface area contributed by atoms with Crippen molar-refractivity contribution < 1.29 is 14.2 Å². The zero-order valence-corrected chi connectivity index (χ0v) is 9.34. The quantitative estimate of drug-likeness (QED) is 0.825. The minimum atomic E-state index is -1.54. The Morgan fingerprint density at radius 1 is 1.17 bits per heavy atom. The number of nitriles is 1. The van der Waals surface area contributed by atoms with Crippen LogP contribution in [0, 0.1) is 17.1 Å². The summed E-state index contributed by atoms with van der Waals surface area (Å²) in [7, 11) is 0. The third kappa shape index (κ3) is 2.65. The zero-order valence-electron chi connectivity index (χ0n) is 9.34. The number of nitrogens with zero attached hydrogens (tertiary/aromatic N) is 1. The number of hydrogen-bond donors (Lipinski definition) is 0. The molecular formula is C14H9FNO2. The Hall–Kier alpha value is -2.38. The molecule has 0 heterocycles. The Labute approximate surface area is 104 Å². The van der Waals surface area contributed by atoms with E-state index < -0.39 is 11.9 Å². The van der Waals surface area contributed by atoms with E-state index in [0.717, 1.165) is 6.07 Å². The van der Waals surface area contributed by atoms with Gasteiger partial charge in [0.1, 0.15) is 11.8 Å². The molecule has 0 bridgehead atoms. The van der Waals surface area contributed by atoms with Crippen LogP contribution < -0.4 is 4.74 Å². The monoisotopic (exact) mass is 242 g/mol. The van der Waals surface area contributed by atoms with Crippen molar-refractivity contribution in [2.75, 3.05) is 0 Å². The van der Waals surface area contributed by atoms with E-state index in [-0.39, 0.29) is 11.3 Å². The molecular weight excluding hydrogens is 233 g/mol. The van der Waals surface area contributed by atoms with Crippen molar-refractivity contribution in [2.45, 2.75) is 6.10 Å². The summed E-state index contributed by atoms with van der Waals surface area (Å²) >= 11 is 0. The van der Waals surface area contributed by atoms with Gasteiger partial charge in [0.05, 0.1) is 0 Å². The molecule has 2 rings (SSSR count). The Bertz CT molecular complexity index is 578. The number of hydrogen-bond acceptors (Lipinski definition) is 2. The van der Waals surface area contributed by atoms with Crippen molar-refractivity contribution in [3.63, 3.8) is 0 Å². The second kappa shape index (κ2) is 5.30. The van der Waals surface area contributed by atoms with E-state index in [1.54, 1.807) is 30.3 Å². The predicted octanol–water partition coefficient (Wildman–Crippen LogP) is 3.61. The van der Waals surface area contributed by atoms with Crippen molar-refractivity contribution in [3.05, 3.63) is 59.9 Å². The lowest BCUT2D eigenvalue weighted by Crippen LogP contribution is -1.95. The molecule has 0 aromatic heterocycles. The van der Waals surface area contributed by atoms with Crippen LogP contribution in [0.1, 0.15) is 11.7 Å². The molecule has 2 aromatic rings. The maximum Gasteiger partial charge on any atom is 0.204 e. The smallest absolute Gasteiger partial charge is 0.204 e. The van der Waals surface area contributed by atoms with Crippen LogP contribution in [0.25, 0.3) is 0 Å². The maximum atomic E-state index is 13.5. The van der Waals surface area contributed by atoms with E-state index >= 15 is 0 Å². The number of ether oxygens (including phenoxy) is 1. The van der Waals surface area contributed by atoms with Gasteiger partial charge in [0.15, 0.2) is 11.6 Å². The van der Waals surface area contributed by atoms with E-state index in [4.69, 9.17) is 10.00 Å². The van der Waals surface area contributed by atoms with Crippen LogP contribution in [0.5, 0.6) is 11.5 Å². The highest BCUT2D eigenvalue weighted by atomic mass is 19.1. The summed E-state index contributed by atoms with van der Waals surface area (Å²) in [5.41, 5.74) is 0.185. The highest BCUT2D eigenvalue weighted by molar-refractivity contribution is 5.37. The first-order chi connectivity index (χ1) is 8.70. The number of para-hydroxylation sites is 1. The normalized spacial score (nSPS) is 11.6. The van der Waals surface area contributed by atoms with Gasteiger partial charge < -0.3 is 4.74 Å². The standard InChI is InChI=1S/C14H9FNO2/c15-12-7-6-10(13(17)9-16)8-14(12)18-11-4-2-1-3-5-11/h1-8,13H. The van der Waals surface area contributed by atoms with Crippen LogP contribution in [0.15, 0.2) is 48.5 Å². The second-order valence-electron chi connectivity index (χ2n) is 3.61. The van der Waals surface area contributed by atoms with Gasteiger partial charge in [-0.1, -0.05) is 24.3 Å². The van der Waals surface area contributed by atoms with E-state index in [1.807, 2.05) is 6.07 Å². The van der Waals surface area contributed by atoms with Crippen molar-refractivity contribution in [2.24, 2.45) is 0 Å². The molecule has 0 amide bonds. The Morgan fingerprint density at radius 2 is 1.89 bits per heavy atom. The molecule has 2 aromatic carbocycles. The molecule has 0 saturated heterocycles. The molecule has 0 aliphatic heterocycles. The average Bonchev–Trinajstić information content (AvgIpc) is 2.41. The van der Waals surface area contributed by atoms with Crippen molar-refractivity contribution >= 4 is 0 Å². The molecule has 4 heteroatoms. The highest BCUT2D eigenvalue weighted by Crippen LogP contribution is 2.27. The van der Waals surface area contributed by atoms with Crippen LogP contribution in [-0.2, 0) is 5.11 Å². The van der Waals surface area contributed by atoms with Gasteiger partial charge in [0.2, 0.25) is 6.10 Å². The third-order valence-corrected chi connectivity index (χ3v) is 2.35. The molecule has 0 aliphatic rings. The van der Waals surface area contributed by atoms with Gasteiger partial charge in [-0.15, -0.1) is 0 Å². The third-order valence-electron chi connectivity index (χ3n) is 2.35. The van der Waals surface area contributed by atoms with Gasteiger partial charge in [-0.05, 0) is 24.3 Å². The highest BCUT2D eigenvalue weighted by Gasteiger charge is 2.12. The lowest BCUT2D eigenvalue weighted by Gasteiger charge is -2.08. The largest absolute Gasteiger partial charge is 0.454 e. The molecule has 1 unspecified atom stereocenters. The number of rotatable bonds is 3. The van der Waals surface area contributed by atoms with E-state index in [0.29, 0.717) is 5.75 Å². The maximum absolute atomic E-state index is 13.5. The summed E-state index contributed by atoms with van der Waals surface area (Å²) in [5.74, 6) is -0.171. The van der Waals surface area contributed by atoms with Crippen LogP contribution in [0.3, 0.4) is 0 Å². The fourth-order valence-electron chi connectivity index (χ4n) is 1.45. The fourth-order valence-corrected chi connectivity index (χ4v) is 1.45. The van der Waals surface area contributed by atoms with Crippen molar-refractivity contribution in [3.8, 4) is 17.6 Å². The zero-order chi connectivity index (χ0) is 13.0. The number of benzene rings is 2. The molecule has 89 valence electrons. The SMILES string of the molecule is N#CC([O])c1ccc(F)c(Oc2ccccc2)c1. The van der Waals surface area contributed by atoms with E-state index in [9.17, 15) is 9.50 Å². The van der Waals surface area contributed by atoms with Crippen molar-refractivity contribution in [1.29, 1.82) is 5.26 Å². The molecule has 0 N–H and O–H groups in total. The van der Waals surface area contributed by atoms with Gasteiger partial charge in [-0.3, -0.25) is 0 Å². The first-order valence-electron chi connectivity index (χ1n) is 5.28. The van der Waals surface area contributed by atoms with Gasteiger partial charge in [-0.2, -0.15) is 5.26 Å². The summed E-state index contributed by atoms with van der Waals surface area (Å²) in [4.78, 5) is 0. The van der Waals surface area contributed by atoms with E-state index in [2.05, 4.69) is 0 Å². The van der Waals surface area contributed by atoms with Crippen LogP contribution >= 0.6 is 0 Å². The van der Waals surface area contributed by atoms with Gasteiger partial charge in [0, 0.05) is 5.56 Å². The minimum Gasteiger partial charge on any atom is -0.454 e. The Morgan fingerprint density at radius 3 is 2.56 bits per heavy atom. The lowest BCUT2D eigenvalue weighted by molar-refractivity contribution is 0.137. The van der Waals surface area contributed by atoms with Gasteiger partial charge in [0.25, 0.3) is 0 Å². The molecule has 3 nitrogen and oxygen atoms in total. The van der Waals surface area contributed by atoms with Gasteiger partial charge in [-0.25, -0.2) is 9.50 Å². The Kier molecular flexibility index (Phi) is 3.56. The molecule has 0 saturated carbocycles. The Balaban J connectivity index is 2.30. The minimum absolute atomic E-state index is 0.0604. The first-order valence-corrected chi connectivity index (χ1v) is 5.28. The van der Waals surface area contributed by atoms with Gasteiger partial charge >= 0.3 is 0 Å². The topological polar surface area (TPSA) is 52.9 Å². The molecule has 0 spiro atoms. The number of halogens is 1. The van der Waals surface area contributed by atoms with E-state index in [1.165, 1.54) is 12.1 Å². The summed E-state index contributed by atoms with van der Waals surface area (Å²) in [5, 5.41) is 19.8. The summed E-state index contributed by atoms with van der Waals surface area (Å²) < 4.78 is 18.8. The van der Waals surface area contributed by atoms with Crippen LogP contribution in [0.4, 0.5) is 4.39 Å². The summed E-state index contributed by atoms with van der Waals surface area (Å²) in [6.07, 6.45) is -1.54. The molecule has 18 heavy (non-hydrogen) atoms. The fraction of sp³-hybridized carbons (Fsp3) is 0.0714. The lowest BCUT2D eigenvalue weighted by atomic mass is 10.1. The molecule has 0 aliphatic carbocycles. The average molecular weight is 242 g/mol. The summed E-state index contributed by atoms with van der Waals surface area (Å²) in [6, 6.07) is 13.9. The van der Waals surface area contributed by atoms with Crippen molar-refractivity contribution in [1.82, 2.24) is 0 Å². The van der Waals surface area contributed by atoms with Crippen LogP contribution in [-0.4, -0.2) is 0 Å². The molecule has 0 fully saturated rings. The first kappa shape index (κ1) is 12.1. The second-order valence-corrected chi connectivity index (χ2v) is 3.61. The van der Waals surface area contributed by atoms with Crippen LogP contribution in [0.2, 0.25) is 0 Å². The summed E-state index contributed by atoms with van der Waals surface area (Å²) in [6.45, 7) is 0. The predicted molar refractivity (Wildman–Crippen MR) is 62.0 cm³/mol. The molecule has 1 radical (unpaired) electrons.